The van der Waals surface area contributed by atoms with E-state index in [-0.39, 0.29) is 33.5 Å². The van der Waals surface area contributed by atoms with Crippen LogP contribution in [0.3, 0.4) is 0 Å². The molecule has 3 atom stereocenters. The van der Waals surface area contributed by atoms with Crippen LogP contribution < -0.4 is 0 Å². The molecule has 0 aliphatic rings. The Bertz CT molecular complexity index is 1110. The van der Waals surface area contributed by atoms with Crippen LogP contribution in [0.5, 0.6) is 0 Å². The van der Waals surface area contributed by atoms with Gasteiger partial charge < -0.3 is 20.4 Å². The third-order valence-electron chi connectivity index (χ3n) is 8.18. The van der Waals surface area contributed by atoms with Gasteiger partial charge in [-0.15, -0.1) is 0 Å². The Morgan fingerprint density at radius 1 is 0.512 bits per heavy atom. The van der Waals surface area contributed by atoms with Gasteiger partial charge in [-0.05, 0) is 66.9 Å². The fourth-order valence-corrected chi connectivity index (χ4v) is 5.60. The largest absolute Gasteiger partial charge is 0.390 e. The van der Waals surface area contributed by atoms with Crippen molar-refractivity contribution in [2.75, 3.05) is 0 Å². The Balaban J connectivity index is 3.08. The highest BCUT2D eigenvalue weighted by molar-refractivity contribution is 5.52. The van der Waals surface area contributed by atoms with Gasteiger partial charge in [0.1, 0.15) is 17.8 Å². The molecule has 0 fully saturated rings. The smallest absolute Gasteiger partial charge is 0.144 e. The predicted molar refractivity (Wildman–Crippen MR) is 173 cm³/mol. The van der Waals surface area contributed by atoms with Crippen LogP contribution >= 0.6 is 0 Å². The third kappa shape index (κ3) is 8.02. The molecule has 2 aromatic carbocycles. The molecule has 0 spiro atoms. The van der Waals surface area contributed by atoms with Crippen LogP contribution in [0.25, 0.3) is 0 Å². The molecule has 4 nitrogen and oxygen atoms in total. The van der Waals surface area contributed by atoms with Gasteiger partial charge in [-0.2, -0.15) is 0 Å². The summed E-state index contributed by atoms with van der Waals surface area (Å²) in [5.41, 5.74) is 1.82. The van der Waals surface area contributed by atoms with Gasteiger partial charge in [0.2, 0.25) is 0 Å². The number of aliphatic hydroxyl groups excluding tert-OH is 3. The molecule has 0 aromatic heterocycles. The minimum atomic E-state index is -2.00. The Labute approximate surface area is 251 Å². The van der Waals surface area contributed by atoms with E-state index in [9.17, 15) is 20.4 Å². The zero-order valence-electron chi connectivity index (χ0n) is 28.7. The summed E-state index contributed by atoms with van der Waals surface area (Å²) in [4.78, 5) is 0. The van der Waals surface area contributed by atoms with Gasteiger partial charge in [-0.1, -0.05) is 140 Å². The van der Waals surface area contributed by atoms with Crippen LogP contribution in [0.4, 0.5) is 0 Å². The molecule has 0 saturated carbocycles. The summed E-state index contributed by atoms with van der Waals surface area (Å²) in [5.74, 6) is 0. The maximum absolute atomic E-state index is 13.1. The summed E-state index contributed by atoms with van der Waals surface area (Å²) in [7, 11) is 0. The van der Waals surface area contributed by atoms with Gasteiger partial charge in [-0.25, -0.2) is 0 Å². The van der Waals surface area contributed by atoms with E-state index in [1.54, 1.807) is 0 Å². The molecule has 0 radical (unpaired) electrons. The highest BCUT2D eigenvalue weighted by atomic mass is 16.4. The highest BCUT2D eigenvalue weighted by Crippen LogP contribution is 2.46. The number of aliphatic hydroxyl groups is 4. The summed E-state index contributed by atoms with van der Waals surface area (Å²) in [6.45, 7) is 31.5. The maximum atomic E-state index is 13.1. The molecule has 2 aromatic rings. The van der Waals surface area contributed by atoms with Gasteiger partial charge in [-0.3, -0.25) is 0 Å². The molecule has 0 saturated heterocycles. The molecule has 0 bridgehead atoms. The van der Waals surface area contributed by atoms with Crippen molar-refractivity contribution in [3.05, 3.63) is 69.8 Å². The van der Waals surface area contributed by atoms with Crippen LogP contribution in [-0.4, -0.2) is 38.7 Å². The lowest BCUT2D eigenvalue weighted by molar-refractivity contribution is -0.145. The van der Waals surface area contributed by atoms with Crippen molar-refractivity contribution in [2.45, 2.75) is 156 Å². The minimum Gasteiger partial charge on any atom is -0.390 e. The van der Waals surface area contributed by atoms with E-state index in [0.29, 0.717) is 11.1 Å². The second-order valence-electron chi connectivity index (χ2n) is 17.6. The van der Waals surface area contributed by atoms with Crippen molar-refractivity contribution >= 4 is 0 Å². The molecule has 0 aliphatic heterocycles. The zero-order chi connectivity index (χ0) is 32.1. The Kier molecular flexibility index (Phi) is 9.87. The van der Waals surface area contributed by atoms with Gasteiger partial charge in [0, 0.05) is 0 Å². The van der Waals surface area contributed by atoms with Gasteiger partial charge in [0.05, 0.1) is 6.10 Å². The first-order valence-corrected chi connectivity index (χ1v) is 15.2. The third-order valence-corrected chi connectivity index (χ3v) is 8.18. The van der Waals surface area contributed by atoms with E-state index >= 15 is 0 Å². The van der Waals surface area contributed by atoms with E-state index in [1.165, 1.54) is 0 Å². The Morgan fingerprint density at radius 3 is 1.12 bits per heavy atom. The number of rotatable bonds is 6. The molecule has 4 heteroatoms. The van der Waals surface area contributed by atoms with E-state index in [2.05, 4.69) is 95.2 Å². The standard InChI is InChI=1S/C37H60O4/c1-32(2,3)22-29(38)30(39)31(40)37(41,25-18-16-23(33(4,5)6)20-27(25)35(10,11)12)26-19-17-24(34(7,8)9)21-28(26)36(13,14)15/h16-21,29-31,38-41H,22H2,1-15H3/t29?,30-,31-/m0/s1. The predicted octanol–water partition coefficient (Wildman–Crippen LogP) is 7.63. The first-order valence-electron chi connectivity index (χ1n) is 15.2. The summed E-state index contributed by atoms with van der Waals surface area (Å²) in [6, 6.07) is 12.1. The average Bonchev–Trinajstić information content (AvgIpc) is 2.78. The van der Waals surface area contributed by atoms with Gasteiger partial charge >= 0.3 is 0 Å². The van der Waals surface area contributed by atoms with E-state index in [4.69, 9.17) is 0 Å². The fourth-order valence-electron chi connectivity index (χ4n) is 5.60. The number of hydrogen-bond acceptors (Lipinski definition) is 4. The molecular weight excluding hydrogens is 508 g/mol. The lowest BCUT2D eigenvalue weighted by Gasteiger charge is -2.44. The quantitative estimate of drug-likeness (QED) is 0.289. The molecule has 1 unspecified atom stereocenters. The molecule has 4 N–H and O–H groups in total. The zero-order valence-corrected chi connectivity index (χ0v) is 28.7. The molecule has 41 heavy (non-hydrogen) atoms. The lowest BCUT2D eigenvalue weighted by Crippen LogP contribution is -2.53. The number of hydrogen-bond donors (Lipinski definition) is 4. The Morgan fingerprint density at radius 2 is 0.854 bits per heavy atom. The first-order chi connectivity index (χ1) is 18.1. The van der Waals surface area contributed by atoms with Crippen LogP contribution in [0, 0.1) is 5.41 Å². The highest BCUT2D eigenvalue weighted by Gasteiger charge is 2.49. The summed E-state index contributed by atoms with van der Waals surface area (Å²) in [5, 5.41) is 47.8. The minimum absolute atomic E-state index is 0.122. The van der Waals surface area contributed by atoms with Crippen molar-refractivity contribution < 1.29 is 20.4 Å². The first kappa shape index (κ1) is 35.5. The van der Waals surface area contributed by atoms with Crippen LogP contribution in [0.2, 0.25) is 0 Å². The van der Waals surface area contributed by atoms with Crippen molar-refractivity contribution in [1.82, 2.24) is 0 Å². The maximum Gasteiger partial charge on any atom is 0.144 e. The molecular formula is C37H60O4. The monoisotopic (exact) mass is 568 g/mol. The summed E-state index contributed by atoms with van der Waals surface area (Å²) in [6.07, 6.45) is -4.23. The molecule has 232 valence electrons. The topological polar surface area (TPSA) is 80.9 Å². The summed E-state index contributed by atoms with van der Waals surface area (Å²) >= 11 is 0. The van der Waals surface area contributed by atoms with E-state index in [1.807, 2.05) is 45.0 Å². The van der Waals surface area contributed by atoms with Crippen molar-refractivity contribution in [1.29, 1.82) is 0 Å². The Hall–Kier alpha value is -1.72. The normalized spacial score (nSPS) is 16.5. The van der Waals surface area contributed by atoms with Gasteiger partial charge in [0.15, 0.2) is 0 Å². The second-order valence-corrected chi connectivity index (χ2v) is 17.6. The molecule has 0 aliphatic carbocycles. The van der Waals surface area contributed by atoms with Crippen molar-refractivity contribution in [3.8, 4) is 0 Å². The summed E-state index contributed by atoms with van der Waals surface area (Å²) < 4.78 is 0. The SMILES string of the molecule is CC(C)(C)CC(O)[C@H](O)[C@H](O)C(O)(c1ccc(C(C)(C)C)cc1C(C)(C)C)c1ccc(C(C)(C)C)cc1C(C)(C)C. The van der Waals surface area contributed by atoms with E-state index < -0.39 is 23.9 Å². The average molecular weight is 569 g/mol. The van der Waals surface area contributed by atoms with Crippen LogP contribution in [0.1, 0.15) is 144 Å². The lowest BCUT2D eigenvalue weighted by atomic mass is 9.66. The number of benzene rings is 2. The molecule has 0 heterocycles. The van der Waals surface area contributed by atoms with Crippen LogP contribution in [-0.2, 0) is 27.3 Å². The molecule has 2 rings (SSSR count). The second kappa shape index (κ2) is 11.4. The van der Waals surface area contributed by atoms with E-state index in [0.717, 1.165) is 22.3 Å². The van der Waals surface area contributed by atoms with Crippen LogP contribution in [0.15, 0.2) is 36.4 Å². The van der Waals surface area contributed by atoms with Gasteiger partial charge in [0.25, 0.3) is 0 Å². The van der Waals surface area contributed by atoms with Crippen molar-refractivity contribution in [2.24, 2.45) is 5.41 Å². The fraction of sp³-hybridized carbons (Fsp3) is 0.676. The van der Waals surface area contributed by atoms with Crippen molar-refractivity contribution in [3.63, 3.8) is 0 Å². The molecule has 0 amide bonds.